The molecule has 0 aliphatic rings. The molecule has 92 valence electrons. The van der Waals surface area contributed by atoms with Crippen molar-refractivity contribution in [3.63, 3.8) is 0 Å². The van der Waals surface area contributed by atoms with Crippen molar-refractivity contribution >= 4 is 39.6 Å². The number of hydrogen-bond acceptors (Lipinski definition) is 3. The minimum Gasteiger partial charge on any atom is -0.480 e. The number of aliphatic carboxylic acids is 1. The molecule has 0 aliphatic carbocycles. The number of nitrogens with one attached hydrogen (secondary N) is 1. The van der Waals surface area contributed by atoms with Gasteiger partial charge in [0.2, 0.25) is 0 Å². The number of rotatable bonds is 5. The molecular weight excluding hydrogens is 306 g/mol. The average Bonchev–Trinajstić information content (AvgIpc) is 2.28. The van der Waals surface area contributed by atoms with Crippen LogP contribution in [0.1, 0.15) is 10.4 Å². The van der Waals surface area contributed by atoms with Crippen LogP contribution in [0.15, 0.2) is 28.7 Å². The van der Waals surface area contributed by atoms with E-state index in [2.05, 4.69) is 21.2 Å². The molecule has 1 unspecified atom stereocenters. The van der Waals surface area contributed by atoms with Gasteiger partial charge in [0.1, 0.15) is 6.04 Å². The second-order valence-corrected chi connectivity index (χ2v) is 5.16. The van der Waals surface area contributed by atoms with Crippen LogP contribution >= 0.6 is 27.7 Å². The number of amides is 1. The van der Waals surface area contributed by atoms with Gasteiger partial charge in [0, 0.05) is 15.8 Å². The van der Waals surface area contributed by atoms with E-state index in [1.165, 1.54) is 11.8 Å². The van der Waals surface area contributed by atoms with Crippen molar-refractivity contribution in [2.75, 3.05) is 12.0 Å². The van der Waals surface area contributed by atoms with E-state index in [0.717, 1.165) is 4.47 Å². The Kier molecular flexibility index (Phi) is 5.50. The van der Waals surface area contributed by atoms with Gasteiger partial charge in [-0.1, -0.05) is 22.0 Å². The van der Waals surface area contributed by atoms with Crippen molar-refractivity contribution in [1.82, 2.24) is 5.32 Å². The fourth-order valence-corrected chi connectivity index (χ4v) is 2.17. The molecule has 0 heterocycles. The van der Waals surface area contributed by atoms with Crippen LogP contribution in [-0.2, 0) is 4.79 Å². The Morgan fingerprint density at radius 1 is 1.53 bits per heavy atom. The second kappa shape index (κ2) is 6.66. The van der Waals surface area contributed by atoms with Gasteiger partial charge in [-0.2, -0.15) is 11.8 Å². The highest BCUT2D eigenvalue weighted by atomic mass is 79.9. The molecule has 1 amide bonds. The molecule has 1 atom stereocenters. The van der Waals surface area contributed by atoms with Crippen LogP contribution in [0.4, 0.5) is 0 Å². The molecule has 0 bridgehead atoms. The van der Waals surface area contributed by atoms with E-state index in [4.69, 9.17) is 5.11 Å². The molecule has 1 aromatic rings. The van der Waals surface area contributed by atoms with Gasteiger partial charge in [-0.25, -0.2) is 4.79 Å². The summed E-state index contributed by atoms with van der Waals surface area (Å²) < 4.78 is 0.780. The first kappa shape index (κ1) is 14.1. The quantitative estimate of drug-likeness (QED) is 0.871. The maximum Gasteiger partial charge on any atom is 0.327 e. The molecule has 4 nitrogen and oxygen atoms in total. The van der Waals surface area contributed by atoms with Crippen LogP contribution in [0, 0.1) is 0 Å². The molecule has 2 N–H and O–H groups in total. The van der Waals surface area contributed by atoms with Crippen LogP contribution in [0.5, 0.6) is 0 Å². The van der Waals surface area contributed by atoms with Crippen molar-refractivity contribution in [2.45, 2.75) is 6.04 Å². The summed E-state index contributed by atoms with van der Waals surface area (Å²) in [5, 5.41) is 11.4. The van der Waals surface area contributed by atoms with Gasteiger partial charge in [-0.3, -0.25) is 4.79 Å². The highest BCUT2D eigenvalue weighted by Gasteiger charge is 2.19. The zero-order valence-electron chi connectivity index (χ0n) is 9.14. The van der Waals surface area contributed by atoms with Crippen LogP contribution in [0.3, 0.4) is 0 Å². The zero-order valence-corrected chi connectivity index (χ0v) is 11.5. The van der Waals surface area contributed by atoms with E-state index in [9.17, 15) is 9.59 Å². The minimum absolute atomic E-state index is 0.342. The van der Waals surface area contributed by atoms with Gasteiger partial charge in [-0.15, -0.1) is 0 Å². The lowest BCUT2D eigenvalue weighted by molar-refractivity contribution is -0.138. The van der Waals surface area contributed by atoms with E-state index in [1.807, 2.05) is 0 Å². The Balaban J connectivity index is 2.73. The first-order chi connectivity index (χ1) is 8.04. The Labute approximate surface area is 112 Å². The van der Waals surface area contributed by atoms with Crippen LogP contribution in [0.2, 0.25) is 0 Å². The summed E-state index contributed by atoms with van der Waals surface area (Å²) >= 11 is 4.63. The Morgan fingerprint density at radius 3 is 2.76 bits per heavy atom. The number of carbonyl (C=O) groups is 2. The van der Waals surface area contributed by atoms with E-state index in [0.29, 0.717) is 11.3 Å². The van der Waals surface area contributed by atoms with Gasteiger partial charge >= 0.3 is 5.97 Å². The third-order valence-electron chi connectivity index (χ3n) is 2.02. The second-order valence-electron chi connectivity index (χ2n) is 3.33. The van der Waals surface area contributed by atoms with Crippen molar-refractivity contribution in [2.24, 2.45) is 0 Å². The summed E-state index contributed by atoms with van der Waals surface area (Å²) in [6.45, 7) is 0. The molecule has 1 rings (SSSR count). The zero-order chi connectivity index (χ0) is 12.8. The molecule has 0 saturated carbocycles. The van der Waals surface area contributed by atoms with Crippen LogP contribution in [-0.4, -0.2) is 35.0 Å². The Bertz CT molecular complexity index is 425. The average molecular weight is 318 g/mol. The molecule has 6 heteroatoms. The molecule has 1 aromatic carbocycles. The maximum absolute atomic E-state index is 11.8. The van der Waals surface area contributed by atoms with Crippen LogP contribution < -0.4 is 5.32 Å². The predicted molar refractivity (Wildman–Crippen MR) is 71.4 cm³/mol. The van der Waals surface area contributed by atoms with E-state index in [-0.39, 0.29) is 5.91 Å². The van der Waals surface area contributed by atoms with Crippen molar-refractivity contribution < 1.29 is 14.7 Å². The van der Waals surface area contributed by atoms with Gasteiger partial charge in [0.05, 0.1) is 0 Å². The molecule has 0 spiro atoms. The molecule has 0 saturated heterocycles. The number of thioether (sulfide) groups is 1. The van der Waals surface area contributed by atoms with Gasteiger partial charge in [0.25, 0.3) is 5.91 Å². The highest BCUT2D eigenvalue weighted by Crippen LogP contribution is 2.11. The smallest absolute Gasteiger partial charge is 0.327 e. The predicted octanol–water partition coefficient (Wildman–Crippen LogP) is 2.00. The summed E-state index contributed by atoms with van der Waals surface area (Å²) in [5.74, 6) is -1.06. The Hall–Kier alpha value is -1.01. The molecule has 17 heavy (non-hydrogen) atoms. The SMILES string of the molecule is CSCC(NC(=O)c1cccc(Br)c1)C(=O)O. The summed E-state index contributed by atoms with van der Waals surface area (Å²) in [5.41, 5.74) is 0.437. The van der Waals surface area contributed by atoms with Crippen molar-refractivity contribution in [3.8, 4) is 0 Å². The maximum atomic E-state index is 11.8. The first-order valence-electron chi connectivity index (χ1n) is 4.82. The van der Waals surface area contributed by atoms with E-state index >= 15 is 0 Å². The topological polar surface area (TPSA) is 66.4 Å². The number of carboxylic acid groups (broad SMARTS) is 1. The van der Waals surface area contributed by atoms with Crippen LogP contribution in [0.25, 0.3) is 0 Å². The molecule has 0 aliphatic heterocycles. The largest absolute Gasteiger partial charge is 0.480 e. The normalized spacial score (nSPS) is 11.9. The van der Waals surface area contributed by atoms with E-state index < -0.39 is 12.0 Å². The summed E-state index contributed by atoms with van der Waals surface area (Å²) in [6.07, 6.45) is 1.79. The lowest BCUT2D eigenvalue weighted by atomic mass is 10.2. The molecule has 0 radical (unpaired) electrons. The van der Waals surface area contributed by atoms with Crippen molar-refractivity contribution in [1.29, 1.82) is 0 Å². The monoisotopic (exact) mass is 317 g/mol. The lowest BCUT2D eigenvalue weighted by Gasteiger charge is -2.13. The summed E-state index contributed by atoms with van der Waals surface area (Å²) in [7, 11) is 0. The molecule has 0 aromatic heterocycles. The summed E-state index contributed by atoms with van der Waals surface area (Å²) in [4.78, 5) is 22.7. The third kappa shape index (κ3) is 4.40. The molecular formula is C11H12BrNO3S. The van der Waals surface area contributed by atoms with Gasteiger partial charge in [0.15, 0.2) is 0 Å². The molecule has 0 fully saturated rings. The first-order valence-corrected chi connectivity index (χ1v) is 7.01. The van der Waals surface area contributed by atoms with Gasteiger partial charge < -0.3 is 10.4 Å². The minimum atomic E-state index is -1.03. The van der Waals surface area contributed by atoms with E-state index in [1.54, 1.807) is 30.5 Å². The fraction of sp³-hybridized carbons (Fsp3) is 0.273. The highest BCUT2D eigenvalue weighted by molar-refractivity contribution is 9.10. The summed E-state index contributed by atoms with van der Waals surface area (Å²) in [6, 6.07) is 5.94. The lowest BCUT2D eigenvalue weighted by Crippen LogP contribution is -2.42. The standard InChI is InChI=1S/C11H12BrNO3S/c1-17-6-9(11(15)16)13-10(14)7-3-2-4-8(12)5-7/h2-5,9H,6H2,1H3,(H,13,14)(H,15,16). The number of carbonyl (C=O) groups excluding carboxylic acids is 1. The third-order valence-corrected chi connectivity index (χ3v) is 3.18. The fourth-order valence-electron chi connectivity index (χ4n) is 1.21. The van der Waals surface area contributed by atoms with Gasteiger partial charge in [-0.05, 0) is 24.5 Å². The van der Waals surface area contributed by atoms with Crippen molar-refractivity contribution in [3.05, 3.63) is 34.3 Å². The number of benzene rings is 1. The number of halogens is 1. The number of hydrogen-bond donors (Lipinski definition) is 2. The number of carboxylic acids is 1. The Morgan fingerprint density at radius 2 is 2.24 bits per heavy atom.